The Bertz CT molecular complexity index is 1140. The van der Waals surface area contributed by atoms with Gasteiger partial charge in [-0.25, -0.2) is 0 Å². The van der Waals surface area contributed by atoms with E-state index < -0.39 is 18.5 Å². The van der Waals surface area contributed by atoms with Crippen molar-refractivity contribution in [1.29, 1.82) is 0 Å². The van der Waals surface area contributed by atoms with Crippen molar-refractivity contribution in [2.75, 3.05) is 33.2 Å². The first-order valence-corrected chi connectivity index (χ1v) is 12.5. The fraction of sp³-hybridized carbons (Fsp3) is 0.353. The molecule has 1 fully saturated rings. The Balaban J connectivity index is 0.00000225. The number of benzene rings is 1. The molecule has 7 nitrogen and oxygen atoms in total. The maximum absolute atomic E-state index is 12.1. The smallest absolute Gasteiger partial charge is 0.147 e. The first-order chi connectivity index (χ1) is 12.7. The number of fused-ring (bicyclic) bond motifs is 3. The van der Waals surface area contributed by atoms with Gasteiger partial charge in [0.2, 0.25) is 0 Å². The molecule has 0 unspecified atom stereocenters. The second kappa shape index (κ2) is 8.34. The molecule has 152 valence electrons. The van der Waals surface area contributed by atoms with Crippen LogP contribution in [-0.4, -0.2) is 67.3 Å². The number of likely N-dealkylation sites (N-methyl/N-ethyl adjacent to an activating group) is 1. The molecule has 0 amide bonds. The summed E-state index contributed by atoms with van der Waals surface area (Å²) < 4.78 is 20.1. The van der Waals surface area contributed by atoms with Crippen molar-refractivity contribution in [2.24, 2.45) is 0 Å². The van der Waals surface area contributed by atoms with Crippen LogP contribution in [0.2, 0.25) is 0 Å². The molecule has 11 heteroatoms. The van der Waals surface area contributed by atoms with E-state index in [1.807, 2.05) is 6.07 Å². The third kappa shape index (κ3) is 4.19. The van der Waals surface area contributed by atoms with Crippen LogP contribution in [-0.2, 0) is 11.1 Å². The molecule has 0 spiro atoms. The van der Waals surface area contributed by atoms with Crippen LogP contribution in [0.25, 0.3) is 20.6 Å². The van der Waals surface area contributed by atoms with Gasteiger partial charge in [-0.05, 0) is 0 Å². The second-order valence-electron chi connectivity index (χ2n) is 6.74. The molecule has 0 saturated carbocycles. The molecule has 1 aliphatic rings. The molecular weight excluding hydrogens is 537 g/mol. The van der Waals surface area contributed by atoms with Crippen molar-refractivity contribution in [3.8, 4) is 0 Å². The summed E-state index contributed by atoms with van der Waals surface area (Å²) in [5, 5.41) is 0.943. The Labute approximate surface area is 181 Å². The number of hydrogen-bond acceptors (Lipinski definition) is 5. The van der Waals surface area contributed by atoms with E-state index in [-0.39, 0.29) is 26.9 Å². The molecule has 4 rings (SSSR count). The minimum Gasteiger partial charge on any atom is -0.147 e. The molecule has 0 bridgehead atoms. The molecule has 3 heterocycles. The van der Waals surface area contributed by atoms with Crippen molar-refractivity contribution in [2.45, 2.75) is 6.54 Å². The van der Waals surface area contributed by atoms with E-state index >= 15 is 0 Å². The molecule has 0 radical (unpaired) electrons. The average molecular weight is 557 g/mol. The Hall–Kier alpha value is -0.471. The van der Waals surface area contributed by atoms with Crippen LogP contribution in [0, 0.1) is 0 Å². The number of halogens is 2. The summed E-state index contributed by atoms with van der Waals surface area (Å²) >= 11 is 3.69. The summed E-state index contributed by atoms with van der Waals surface area (Å²) in [4.78, 5) is 35.5. The van der Waals surface area contributed by atoms with Crippen molar-refractivity contribution in [3.05, 3.63) is 37.5 Å². The zero-order chi connectivity index (χ0) is 19.3. The summed E-state index contributed by atoms with van der Waals surface area (Å²) in [6.45, 7) is 5.01. The molecule has 0 aliphatic carbocycles. The summed E-state index contributed by atoms with van der Waals surface area (Å²) in [6, 6.07) is 4.92. The van der Waals surface area contributed by atoms with Crippen LogP contribution in [0.3, 0.4) is 0 Å². The van der Waals surface area contributed by atoms with E-state index in [0.29, 0.717) is 11.0 Å². The van der Waals surface area contributed by atoms with Crippen LogP contribution in [0.15, 0.2) is 31.9 Å². The van der Waals surface area contributed by atoms with Crippen LogP contribution in [0.5, 0.6) is 0 Å². The first-order valence-electron chi connectivity index (χ1n) is 8.39. The summed E-state index contributed by atoms with van der Waals surface area (Å²) in [6.07, 6.45) is 0. The van der Waals surface area contributed by atoms with Crippen LogP contribution in [0.1, 0.15) is 4.44 Å². The fourth-order valence-corrected chi connectivity index (χ4v) is 7.59. The molecule has 1 saturated heterocycles. The van der Waals surface area contributed by atoms with E-state index in [4.69, 9.17) is 4.42 Å². The van der Waals surface area contributed by atoms with Gasteiger partial charge in [0.25, 0.3) is 0 Å². The molecule has 2 aromatic heterocycles. The van der Waals surface area contributed by atoms with Gasteiger partial charge >= 0.3 is 170 Å². The number of nitrogens with zero attached hydrogens (tertiary/aromatic N) is 2. The fourth-order valence-electron chi connectivity index (χ4n) is 3.25. The molecule has 28 heavy (non-hydrogen) atoms. The van der Waals surface area contributed by atoms with Crippen LogP contribution >= 0.6 is 35.9 Å². The molecule has 1 aliphatic heterocycles. The Morgan fingerprint density at radius 3 is 2.57 bits per heavy atom. The van der Waals surface area contributed by atoms with E-state index in [1.165, 1.54) is 10.5 Å². The normalized spacial score (nSPS) is 16.6. The van der Waals surface area contributed by atoms with Gasteiger partial charge in [-0.2, -0.15) is 0 Å². The van der Waals surface area contributed by atoms with Gasteiger partial charge in [-0.15, -0.1) is 12.4 Å². The quantitative estimate of drug-likeness (QED) is 0.288. The Morgan fingerprint density at radius 1 is 1.25 bits per heavy atom. The third-order valence-electron chi connectivity index (χ3n) is 4.82. The van der Waals surface area contributed by atoms with Gasteiger partial charge in [0.05, 0.1) is 0 Å². The van der Waals surface area contributed by atoms with E-state index in [9.17, 15) is 19.1 Å². The molecule has 0 atom stereocenters. The van der Waals surface area contributed by atoms with Crippen molar-refractivity contribution in [1.82, 2.24) is 9.80 Å². The second-order valence-corrected chi connectivity index (χ2v) is 11.4. The van der Waals surface area contributed by atoms with Crippen LogP contribution in [0.4, 0.5) is 0 Å². The molecular formula is C17H19BrClN2O5PSe. The summed E-state index contributed by atoms with van der Waals surface area (Å²) in [5.74, 6) is 0. The van der Waals surface area contributed by atoms with Crippen molar-refractivity contribution >= 4 is 76.4 Å². The molecule has 2 N–H and O–H groups in total. The topological polar surface area (TPSA) is 94.2 Å². The summed E-state index contributed by atoms with van der Waals surface area (Å²) in [5.41, 5.74) is -0.538. The number of rotatable bonds is 3. The monoisotopic (exact) mass is 556 g/mol. The zero-order valence-corrected chi connectivity index (χ0v) is 19.9. The Morgan fingerprint density at radius 2 is 1.93 bits per heavy atom. The van der Waals surface area contributed by atoms with Crippen LogP contribution < -0.4 is 10.9 Å². The van der Waals surface area contributed by atoms with E-state index in [2.05, 4.69) is 32.8 Å². The Kier molecular flexibility index (Phi) is 6.62. The predicted molar refractivity (Wildman–Crippen MR) is 116 cm³/mol. The largest absolute Gasteiger partial charge is 0.147 e. The SMILES string of the molecule is CN1CCN(Cc2[se]c3c(ccc4cc(P(=O)(O)O)c(=O)oc43)c2Br)CC1.Cl. The average Bonchev–Trinajstić information content (AvgIpc) is 2.92. The van der Waals surface area contributed by atoms with Gasteiger partial charge in [0.1, 0.15) is 0 Å². The maximum Gasteiger partial charge on any atom is -0.147 e. The zero-order valence-electron chi connectivity index (χ0n) is 14.9. The van der Waals surface area contributed by atoms with Crippen molar-refractivity contribution in [3.63, 3.8) is 0 Å². The standard InChI is InChI=1S/C17H18BrN2O5PSe.ClH/c1-19-4-6-20(7-5-19)9-13-14(18)11-3-2-10-8-12(26(22,23)24)17(21)25-15(10)16(11)27-13;/h2-3,8H,4-7,9H2,1H3,(H2,22,23,24);1H. The number of piperazine rings is 1. The minimum atomic E-state index is -4.67. The van der Waals surface area contributed by atoms with Gasteiger partial charge < -0.3 is 0 Å². The predicted octanol–water partition coefficient (Wildman–Crippen LogP) is 1.74. The summed E-state index contributed by atoms with van der Waals surface area (Å²) in [7, 11) is -2.54. The van der Waals surface area contributed by atoms with Gasteiger partial charge in [0, 0.05) is 0 Å². The van der Waals surface area contributed by atoms with Gasteiger partial charge in [-0.1, -0.05) is 0 Å². The minimum absolute atomic E-state index is 0. The third-order valence-corrected chi connectivity index (χ3v) is 9.75. The number of hydrogen-bond donors (Lipinski definition) is 2. The first kappa shape index (κ1) is 22.2. The van der Waals surface area contributed by atoms with Crippen molar-refractivity contribution < 1.29 is 18.8 Å². The molecule has 1 aromatic carbocycles. The van der Waals surface area contributed by atoms with Gasteiger partial charge in [-0.3, -0.25) is 0 Å². The van der Waals surface area contributed by atoms with Gasteiger partial charge in [0.15, 0.2) is 0 Å². The van der Waals surface area contributed by atoms with E-state index in [1.54, 1.807) is 6.07 Å². The maximum atomic E-state index is 12.1. The van der Waals surface area contributed by atoms with E-state index in [0.717, 1.165) is 46.8 Å². The molecule has 3 aromatic rings.